The molecule has 4 nitrogen and oxygen atoms in total. The van der Waals surface area contributed by atoms with E-state index in [1.807, 2.05) is 62.4 Å². The van der Waals surface area contributed by atoms with Gasteiger partial charge in [-0.3, -0.25) is 4.79 Å². The Labute approximate surface area is 141 Å². The number of nitrogens with one attached hydrogen (secondary N) is 2. The van der Waals surface area contributed by atoms with Crippen LogP contribution in [0, 0.1) is 6.92 Å². The number of rotatable bonds is 6. The van der Waals surface area contributed by atoms with Crippen molar-refractivity contribution in [3.8, 4) is 0 Å². The van der Waals surface area contributed by atoms with Gasteiger partial charge in [-0.2, -0.15) is 5.10 Å². The standard InChI is InChI=1S/C18H20ClN3O/c1-3-17(14-6-8-15(19)9-7-14)21-22-18(23)12-20-16-10-4-13(2)5-11-16/h4-11,20H,3,12H2,1-2H3,(H,22,23)/b21-17+. The fourth-order valence-electron chi connectivity index (χ4n) is 2.01. The van der Waals surface area contributed by atoms with Gasteiger partial charge in [0, 0.05) is 10.7 Å². The van der Waals surface area contributed by atoms with Crippen LogP contribution in [0.5, 0.6) is 0 Å². The highest BCUT2D eigenvalue weighted by atomic mass is 35.5. The topological polar surface area (TPSA) is 53.5 Å². The Morgan fingerprint density at radius 3 is 2.35 bits per heavy atom. The van der Waals surface area contributed by atoms with Crippen molar-refractivity contribution in [3.63, 3.8) is 0 Å². The van der Waals surface area contributed by atoms with Gasteiger partial charge in [-0.05, 0) is 43.2 Å². The molecule has 0 heterocycles. The molecule has 23 heavy (non-hydrogen) atoms. The predicted molar refractivity (Wildman–Crippen MR) is 96.1 cm³/mol. The SMILES string of the molecule is CC/C(=N\NC(=O)CNc1ccc(C)cc1)c1ccc(Cl)cc1. The quantitative estimate of drug-likeness (QED) is 0.622. The number of benzene rings is 2. The van der Waals surface area contributed by atoms with Crippen LogP contribution in [-0.4, -0.2) is 18.2 Å². The van der Waals surface area contributed by atoms with Gasteiger partial charge < -0.3 is 5.32 Å². The predicted octanol–water partition coefficient (Wildman–Crippen LogP) is 3.99. The van der Waals surface area contributed by atoms with Crippen molar-refractivity contribution in [3.05, 3.63) is 64.7 Å². The number of carbonyl (C=O) groups excluding carboxylic acids is 1. The first kappa shape index (κ1) is 17.0. The first-order valence-corrected chi connectivity index (χ1v) is 7.88. The number of carbonyl (C=O) groups is 1. The Morgan fingerprint density at radius 2 is 1.74 bits per heavy atom. The minimum absolute atomic E-state index is 0.171. The number of aryl methyl sites for hydroxylation is 1. The van der Waals surface area contributed by atoms with Gasteiger partial charge in [0.25, 0.3) is 5.91 Å². The van der Waals surface area contributed by atoms with E-state index >= 15 is 0 Å². The Kier molecular flexibility index (Phi) is 6.18. The number of anilines is 1. The molecule has 2 aromatic rings. The molecule has 120 valence electrons. The van der Waals surface area contributed by atoms with E-state index in [0.29, 0.717) is 11.4 Å². The second-order valence-corrected chi connectivity index (χ2v) is 5.61. The number of nitrogens with zero attached hydrogens (tertiary/aromatic N) is 1. The fourth-order valence-corrected chi connectivity index (χ4v) is 2.14. The fraction of sp³-hybridized carbons (Fsp3) is 0.222. The zero-order valence-corrected chi connectivity index (χ0v) is 14.0. The van der Waals surface area contributed by atoms with Crippen LogP contribution >= 0.6 is 11.6 Å². The molecule has 5 heteroatoms. The Morgan fingerprint density at radius 1 is 1.09 bits per heavy atom. The van der Waals surface area contributed by atoms with E-state index < -0.39 is 0 Å². The van der Waals surface area contributed by atoms with E-state index in [1.165, 1.54) is 5.56 Å². The lowest BCUT2D eigenvalue weighted by molar-refractivity contribution is -0.119. The lowest BCUT2D eigenvalue weighted by Crippen LogP contribution is -2.27. The van der Waals surface area contributed by atoms with Crippen molar-refractivity contribution < 1.29 is 4.79 Å². The van der Waals surface area contributed by atoms with E-state index in [2.05, 4.69) is 15.8 Å². The number of hydrogen-bond acceptors (Lipinski definition) is 3. The Balaban J connectivity index is 1.90. The van der Waals surface area contributed by atoms with Crippen molar-refractivity contribution in [2.24, 2.45) is 5.10 Å². The minimum atomic E-state index is -0.189. The summed E-state index contributed by atoms with van der Waals surface area (Å²) in [4.78, 5) is 11.9. The molecule has 0 bridgehead atoms. The molecular formula is C18H20ClN3O. The second kappa shape index (κ2) is 8.34. The van der Waals surface area contributed by atoms with Gasteiger partial charge in [0.1, 0.15) is 0 Å². The van der Waals surface area contributed by atoms with Gasteiger partial charge in [0.15, 0.2) is 0 Å². The molecule has 0 radical (unpaired) electrons. The van der Waals surface area contributed by atoms with Crippen molar-refractivity contribution >= 4 is 28.9 Å². The molecular weight excluding hydrogens is 310 g/mol. The molecule has 0 saturated carbocycles. The maximum absolute atomic E-state index is 11.9. The van der Waals surface area contributed by atoms with Crippen molar-refractivity contribution in [1.82, 2.24) is 5.43 Å². The summed E-state index contributed by atoms with van der Waals surface area (Å²) in [5.41, 5.74) is 6.43. The second-order valence-electron chi connectivity index (χ2n) is 5.17. The lowest BCUT2D eigenvalue weighted by Gasteiger charge is -2.07. The molecule has 2 aromatic carbocycles. The summed E-state index contributed by atoms with van der Waals surface area (Å²) in [6.45, 7) is 4.18. The van der Waals surface area contributed by atoms with E-state index in [0.717, 1.165) is 17.0 Å². The molecule has 0 spiro atoms. The molecule has 0 aliphatic carbocycles. The third-order valence-electron chi connectivity index (χ3n) is 3.33. The maximum atomic E-state index is 11.9. The van der Waals surface area contributed by atoms with Crippen molar-refractivity contribution in [1.29, 1.82) is 0 Å². The molecule has 2 N–H and O–H groups in total. The zero-order chi connectivity index (χ0) is 16.7. The Bertz CT molecular complexity index is 678. The normalized spacial score (nSPS) is 11.2. The van der Waals surface area contributed by atoms with Gasteiger partial charge in [-0.1, -0.05) is 48.4 Å². The van der Waals surface area contributed by atoms with E-state index in [4.69, 9.17) is 11.6 Å². The highest BCUT2D eigenvalue weighted by Gasteiger charge is 2.04. The van der Waals surface area contributed by atoms with Crippen LogP contribution in [0.1, 0.15) is 24.5 Å². The van der Waals surface area contributed by atoms with Crippen LogP contribution in [0.15, 0.2) is 53.6 Å². The monoisotopic (exact) mass is 329 g/mol. The van der Waals surface area contributed by atoms with E-state index in [9.17, 15) is 4.79 Å². The van der Waals surface area contributed by atoms with Crippen LogP contribution < -0.4 is 10.7 Å². The molecule has 0 saturated heterocycles. The highest BCUT2D eigenvalue weighted by Crippen LogP contribution is 2.11. The first-order chi connectivity index (χ1) is 11.1. The molecule has 0 fully saturated rings. The van der Waals surface area contributed by atoms with Gasteiger partial charge >= 0.3 is 0 Å². The van der Waals surface area contributed by atoms with Crippen LogP contribution in [0.3, 0.4) is 0 Å². The number of hydrogen-bond donors (Lipinski definition) is 2. The summed E-state index contributed by atoms with van der Waals surface area (Å²) in [5.74, 6) is -0.189. The summed E-state index contributed by atoms with van der Waals surface area (Å²) >= 11 is 5.88. The third-order valence-corrected chi connectivity index (χ3v) is 3.58. The summed E-state index contributed by atoms with van der Waals surface area (Å²) in [7, 11) is 0. The molecule has 0 aromatic heterocycles. The van der Waals surface area contributed by atoms with Crippen LogP contribution in [-0.2, 0) is 4.79 Å². The lowest BCUT2D eigenvalue weighted by atomic mass is 10.1. The third kappa shape index (κ3) is 5.42. The van der Waals surface area contributed by atoms with Gasteiger partial charge in [0.2, 0.25) is 0 Å². The molecule has 0 unspecified atom stereocenters. The summed E-state index contributed by atoms with van der Waals surface area (Å²) < 4.78 is 0. The largest absolute Gasteiger partial charge is 0.376 e. The first-order valence-electron chi connectivity index (χ1n) is 7.50. The molecule has 0 atom stereocenters. The number of amides is 1. The number of halogens is 1. The van der Waals surface area contributed by atoms with E-state index in [1.54, 1.807) is 0 Å². The van der Waals surface area contributed by atoms with Crippen molar-refractivity contribution in [2.75, 3.05) is 11.9 Å². The van der Waals surface area contributed by atoms with E-state index in [-0.39, 0.29) is 12.5 Å². The summed E-state index contributed by atoms with van der Waals surface area (Å²) in [6, 6.07) is 15.3. The molecule has 1 amide bonds. The average Bonchev–Trinajstić information content (AvgIpc) is 2.56. The summed E-state index contributed by atoms with van der Waals surface area (Å²) in [5, 5.41) is 7.94. The van der Waals surface area contributed by atoms with Crippen molar-refractivity contribution in [2.45, 2.75) is 20.3 Å². The van der Waals surface area contributed by atoms with Crippen LogP contribution in [0.4, 0.5) is 5.69 Å². The Hall–Kier alpha value is -2.33. The summed E-state index contributed by atoms with van der Waals surface area (Å²) in [6.07, 6.45) is 0.716. The zero-order valence-electron chi connectivity index (χ0n) is 13.3. The minimum Gasteiger partial charge on any atom is -0.376 e. The van der Waals surface area contributed by atoms with Gasteiger partial charge in [-0.15, -0.1) is 0 Å². The molecule has 0 aliphatic rings. The van der Waals surface area contributed by atoms with Gasteiger partial charge in [0.05, 0.1) is 12.3 Å². The molecule has 0 aliphatic heterocycles. The van der Waals surface area contributed by atoms with Crippen LogP contribution in [0.25, 0.3) is 0 Å². The maximum Gasteiger partial charge on any atom is 0.259 e. The average molecular weight is 330 g/mol. The highest BCUT2D eigenvalue weighted by molar-refractivity contribution is 6.30. The number of hydrazone groups is 1. The van der Waals surface area contributed by atoms with Gasteiger partial charge in [-0.25, -0.2) is 5.43 Å². The smallest absolute Gasteiger partial charge is 0.259 e. The molecule has 2 rings (SSSR count). The van der Waals surface area contributed by atoms with Crippen LogP contribution in [0.2, 0.25) is 5.02 Å².